The number of hydrogen-bond acceptors (Lipinski definition) is 5. The highest BCUT2D eigenvalue weighted by Crippen LogP contribution is 1.91. The molecule has 0 aromatic rings. The summed E-state index contributed by atoms with van der Waals surface area (Å²) in [6.45, 7) is 13.8. The Morgan fingerprint density at radius 1 is 1.29 bits per heavy atom. The summed E-state index contributed by atoms with van der Waals surface area (Å²) in [5.41, 5.74) is 0. The third kappa shape index (κ3) is 32.6. The Morgan fingerprint density at radius 2 is 1.81 bits per heavy atom. The SMILES string of the molecule is C=CC.C=CC(=O)OCCC[SiH2]OCC.CO[SiH](C)OC. The maximum atomic E-state index is 10.5. The minimum atomic E-state index is -1.16. The average Bonchev–Trinajstić information content (AvgIpc) is 2.51. The molecule has 5 nitrogen and oxygen atoms in total. The number of allylic oxidation sites excluding steroid dienone is 1. The van der Waals surface area contributed by atoms with E-state index in [2.05, 4.69) is 13.2 Å². The Balaban J connectivity index is -0.000000300. The zero-order valence-electron chi connectivity index (χ0n) is 14.2. The number of ether oxygens (including phenoxy) is 1. The fourth-order valence-electron chi connectivity index (χ4n) is 0.778. The molecule has 0 fully saturated rings. The van der Waals surface area contributed by atoms with Crippen molar-refractivity contribution in [1.29, 1.82) is 0 Å². The summed E-state index contributed by atoms with van der Waals surface area (Å²) < 4.78 is 19.7. The van der Waals surface area contributed by atoms with E-state index in [0.717, 1.165) is 19.1 Å². The van der Waals surface area contributed by atoms with E-state index in [4.69, 9.17) is 18.0 Å². The number of rotatable bonds is 9. The van der Waals surface area contributed by atoms with E-state index in [1.165, 1.54) is 6.08 Å². The molecule has 0 aromatic carbocycles. The Kier molecular flexibility index (Phi) is 29.2. The van der Waals surface area contributed by atoms with E-state index < -0.39 is 9.28 Å². The molecular formula is C14H32O5Si2. The van der Waals surface area contributed by atoms with E-state index in [0.29, 0.717) is 6.61 Å². The second-order valence-electron chi connectivity index (χ2n) is 3.72. The van der Waals surface area contributed by atoms with Gasteiger partial charge in [0.25, 0.3) is 0 Å². The lowest BCUT2D eigenvalue weighted by molar-refractivity contribution is -0.137. The standard InChI is InChI=1S/C8H16O3Si.C3H10O2Si.C3H6/c1-3-8(9)10-6-5-7-12-11-4-2;1-4-6(3)5-2;1-3-2/h3H,1,4-7,12H2,2H3;6H,1-3H3;3H,1H2,2H3. The maximum Gasteiger partial charge on any atom is 0.330 e. The van der Waals surface area contributed by atoms with Gasteiger partial charge in [-0.25, -0.2) is 4.79 Å². The van der Waals surface area contributed by atoms with Gasteiger partial charge in [-0.3, -0.25) is 0 Å². The van der Waals surface area contributed by atoms with Crippen molar-refractivity contribution in [3.8, 4) is 0 Å². The van der Waals surface area contributed by atoms with Gasteiger partial charge in [0.2, 0.25) is 0 Å². The van der Waals surface area contributed by atoms with E-state index in [1.54, 1.807) is 20.3 Å². The summed E-state index contributed by atoms with van der Waals surface area (Å²) in [7, 11) is 1.82. The van der Waals surface area contributed by atoms with E-state index >= 15 is 0 Å². The first kappa shape index (κ1) is 25.2. The second-order valence-corrected chi connectivity index (χ2v) is 7.32. The molecule has 0 spiro atoms. The van der Waals surface area contributed by atoms with Crippen molar-refractivity contribution in [2.45, 2.75) is 32.9 Å². The van der Waals surface area contributed by atoms with E-state index in [-0.39, 0.29) is 15.7 Å². The molecule has 0 bridgehead atoms. The highest BCUT2D eigenvalue weighted by molar-refractivity contribution is 6.42. The molecule has 0 amide bonds. The van der Waals surface area contributed by atoms with Crippen LogP contribution in [0.2, 0.25) is 12.6 Å². The Bertz CT molecular complexity index is 233. The van der Waals surface area contributed by atoms with Crippen molar-refractivity contribution in [1.82, 2.24) is 0 Å². The van der Waals surface area contributed by atoms with Crippen LogP contribution in [0.5, 0.6) is 0 Å². The second kappa shape index (κ2) is 24.3. The van der Waals surface area contributed by atoms with Crippen LogP contribution in [0, 0.1) is 0 Å². The molecule has 0 rings (SSSR count). The van der Waals surface area contributed by atoms with Crippen LogP contribution in [0.1, 0.15) is 20.3 Å². The quantitative estimate of drug-likeness (QED) is 0.212. The van der Waals surface area contributed by atoms with E-state index in [1.807, 2.05) is 20.4 Å². The largest absolute Gasteiger partial charge is 0.463 e. The molecule has 0 aliphatic heterocycles. The smallest absolute Gasteiger partial charge is 0.330 e. The highest BCUT2D eigenvalue weighted by atomic mass is 28.3. The van der Waals surface area contributed by atoms with Crippen LogP contribution in [-0.2, 0) is 22.8 Å². The van der Waals surface area contributed by atoms with Crippen LogP contribution in [0.15, 0.2) is 25.3 Å². The van der Waals surface area contributed by atoms with Crippen molar-refractivity contribution in [2.24, 2.45) is 0 Å². The third-order valence-electron chi connectivity index (χ3n) is 1.96. The average molecular weight is 337 g/mol. The lowest BCUT2D eigenvalue weighted by Crippen LogP contribution is -2.12. The molecule has 0 N–H and O–H groups in total. The lowest BCUT2D eigenvalue weighted by atomic mass is 10.5. The van der Waals surface area contributed by atoms with Crippen molar-refractivity contribution in [3.63, 3.8) is 0 Å². The van der Waals surface area contributed by atoms with Gasteiger partial charge in [-0.15, -0.1) is 6.58 Å². The van der Waals surface area contributed by atoms with Gasteiger partial charge in [-0.2, -0.15) is 0 Å². The van der Waals surface area contributed by atoms with E-state index in [9.17, 15) is 4.79 Å². The Labute approximate surface area is 134 Å². The van der Waals surface area contributed by atoms with Crippen LogP contribution in [0.25, 0.3) is 0 Å². The molecule has 0 heterocycles. The number of esters is 1. The molecule has 7 heteroatoms. The van der Waals surface area contributed by atoms with Crippen molar-refractivity contribution in [2.75, 3.05) is 27.4 Å². The van der Waals surface area contributed by atoms with Crippen molar-refractivity contribution >= 4 is 25.0 Å². The molecule has 0 unspecified atom stereocenters. The summed E-state index contributed by atoms with van der Waals surface area (Å²) in [6.07, 6.45) is 3.84. The molecule has 0 aromatic heterocycles. The fourth-order valence-corrected chi connectivity index (χ4v) is 1.87. The van der Waals surface area contributed by atoms with Crippen molar-refractivity contribution < 1.29 is 22.8 Å². The molecule has 126 valence electrons. The van der Waals surface area contributed by atoms with Gasteiger partial charge in [0.1, 0.15) is 0 Å². The molecule has 0 saturated carbocycles. The van der Waals surface area contributed by atoms with Gasteiger partial charge in [0.05, 0.1) is 6.61 Å². The van der Waals surface area contributed by atoms with Crippen LogP contribution >= 0.6 is 0 Å². The first-order chi connectivity index (χ1) is 10.0. The van der Waals surface area contributed by atoms with Crippen LogP contribution in [0.3, 0.4) is 0 Å². The number of carbonyl (C=O) groups is 1. The lowest BCUT2D eigenvalue weighted by Gasteiger charge is -2.01. The molecule has 0 aliphatic rings. The summed E-state index contributed by atoms with van der Waals surface area (Å²) in [5, 5.41) is 0. The van der Waals surface area contributed by atoms with Crippen LogP contribution in [0.4, 0.5) is 0 Å². The molecule has 0 aliphatic carbocycles. The minimum absolute atomic E-state index is 0.340. The molecule has 21 heavy (non-hydrogen) atoms. The fraction of sp³-hybridized carbons (Fsp3) is 0.643. The predicted octanol–water partition coefficient (Wildman–Crippen LogP) is 1.97. The molecular weight excluding hydrogens is 304 g/mol. The summed E-state index contributed by atoms with van der Waals surface area (Å²) in [5.74, 6) is -0.340. The zero-order chi connectivity index (χ0) is 16.9. The van der Waals surface area contributed by atoms with Gasteiger partial charge in [-0.05, 0) is 32.9 Å². The normalized spacial score (nSPS) is 9.43. The van der Waals surface area contributed by atoms with Gasteiger partial charge < -0.3 is 18.0 Å². The third-order valence-corrected chi connectivity index (χ3v) is 4.78. The first-order valence-corrected chi connectivity index (χ1v) is 10.7. The predicted molar refractivity (Wildman–Crippen MR) is 93.7 cm³/mol. The molecule has 0 radical (unpaired) electrons. The Morgan fingerprint density at radius 3 is 2.14 bits per heavy atom. The monoisotopic (exact) mass is 336 g/mol. The van der Waals surface area contributed by atoms with Gasteiger partial charge in [-0.1, -0.05) is 12.7 Å². The van der Waals surface area contributed by atoms with Gasteiger partial charge in [0, 0.05) is 26.9 Å². The van der Waals surface area contributed by atoms with Crippen molar-refractivity contribution in [3.05, 3.63) is 25.3 Å². The number of carbonyl (C=O) groups excluding carboxylic acids is 1. The highest BCUT2D eigenvalue weighted by Gasteiger charge is 1.95. The Hall–Kier alpha value is -0.736. The molecule has 0 atom stereocenters. The summed E-state index contributed by atoms with van der Waals surface area (Å²) >= 11 is 0. The number of hydrogen-bond donors (Lipinski definition) is 0. The van der Waals surface area contributed by atoms with Gasteiger partial charge >= 0.3 is 15.3 Å². The first-order valence-electron chi connectivity index (χ1n) is 7.03. The summed E-state index contributed by atoms with van der Waals surface area (Å²) in [6, 6.07) is 1.07. The van der Waals surface area contributed by atoms with Gasteiger partial charge in [0.15, 0.2) is 9.76 Å². The van der Waals surface area contributed by atoms with Crippen LogP contribution in [-0.4, -0.2) is 52.4 Å². The minimum Gasteiger partial charge on any atom is -0.463 e. The zero-order valence-corrected chi connectivity index (χ0v) is 16.8. The summed E-state index contributed by atoms with van der Waals surface area (Å²) in [4.78, 5) is 10.5. The molecule has 0 saturated heterocycles. The maximum absolute atomic E-state index is 10.5. The topological polar surface area (TPSA) is 54.0 Å². The van der Waals surface area contributed by atoms with Crippen LogP contribution < -0.4 is 0 Å².